The van der Waals surface area contributed by atoms with Crippen molar-refractivity contribution in [1.82, 2.24) is 9.97 Å². The van der Waals surface area contributed by atoms with Crippen LogP contribution in [0.3, 0.4) is 0 Å². The van der Waals surface area contributed by atoms with Gasteiger partial charge in [0.1, 0.15) is 16.6 Å². The zero-order valence-electron chi connectivity index (χ0n) is 16.0. The number of ether oxygens (including phenoxy) is 1. The Bertz CT molecular complexity index is 1180. The Morgan fingerprint density at radius 1 is 1.07 bits per heavy atom. The largest absolute Gasteiger partial charge is 0.491 e. The summed E-state index contributed by atoms with van der Waals surface area (Å²) in [5.41, 5.74) is 0.0356. The van der Waals surface area contributed by atoms with Crippen LogP contribution in [0.5, 0.6) is 5.75 Å². The summed E-state index contributed by atoms with van der Waals surface area (Å²) in [6, 6.07) is 10.1. The summed E-state index contributed by atoms with van der Waals surface area (Å²) < 4.78 is 33.6. The number of halogens is 2. The van der Waals surface area contributed by atoms with Gasteiger partial charge in [0.25, 0.3) is 10.0 Å². The first-order chi connectivity index (χ1) is 14.2. The molecule has 0 aliphatic heterocycles. The Labute approximate surface area is 184 Å². The van der Waals surface area contributed by atoms with Crippen LogP contribution in [0.4, 0.5) is 5.69 Å². The lowest BCUT2D eigenvalue weighted by Crippen LogP contribution is -2.17. The zero-order chi connectivity index (χ0) is 21.9. The van der Waals surface area contributed by atoms with E-state index in [0.717, 1.165) is 0 Å². The highest BCUT2D eigenvalue weighted by Crippen LogP contribution is 2.26. The molecule has 0 aliphatic carbocycles. The number of sulfonamides is 1. The van der Waals surface area contributed by atoms with E-state index in [1.165, 1.54) is 42.7 Å². The number of ketones is 1. The second kappa shape index (κ2) is 8.99. The first kappa shape index (κ1) is 22.0. The quantitative estimate of drug-likeness (QED) is 0.404. The fraction of sp³-hybridized carbons (Fsp3) is 0.150. The summed E-state index contributed by atoms with van der Waals surface area (Å²) >= 11 is 11.8. The molecular formula is C20H17Cl2N3O4S. The molecule has 1 aromatic carbocycles. The minimum Gasteiger partial charge on any atom is -0.491 e. The predicted octanol–water partition coefficient (Wildman–Crippen LogP) is 4.60. The zero-order valence-corrected chi connectivity index (χ0v) is 18.3. The molecule has 0 saturated carbocycles. The van der Waals surface area contributed by atoms with Gasteiger partial charge in [0.15, 0.2) is 0 Å². The second-order valence-corrected chi connectivity index (χ2v) is 9.00. The Morgan fingerprint density at radius 2 is 1.77 bits per heavy atom. The van der Waals surface area contributed by atoms with Crippen LogP contribution in [0.15, 0.2) is 59.8 Å². The van der Waals surface area contributed by atoms with Crippen molar-refractivity contribution in [3.63, 3.8) is 0 Å². The van der Waals surface area contributed by atoms with E-state index in [4.69, 9.17) is 27.9 Å². The molecule has 156 valence electrons. The van der Waals surface area contributed by atoms with Gasteiger partial charge in [-0.3, -0.25) is 9.52 Å². The lowest BCUT2D eigenvalue weighted by molar-refractivity contribution is 0.103. The van der Waals surface area contributed by atoms with Crippen molar-refractivity contribution in [2.75, 3.05) is 4.72 Å². The van der Waals surface area contributed by atoms with E-state index in [1.54, 1.807) is 12.1 Å². The molecule has 3 aromatic rings. The summed E-state index contributed by atoms with van der Waals surface area (Å²) in [5.74, 6) is 0.00755. The molecule has 0 saturated heterocycles. The van der Waals surface area contributed by atoms with E-state index < -0.39 is 15.8 Å². The molecule has 0 spiro atoms. The summed E-state index contributed by atoms with van der Waals surface area (Å²) in [5, 5.41) is 0.290. The number of hydrogen-bond donors (Lipinski definition) is 1. The van der Waals surface area contributed by atoms with Crippen molar-refractivity contribution in [3.8, 4) is 5.75 Å². The van der Waals surface area contributed by atoms with Gasteiger partial charge in [0.05, 0.1) is 21.7 Å². The van der Waals surface area contributed by atoms with Gasteiger partial charge in [0.2, 0.25) is 5.78 Å². The van der Waals surface area contributed by atoms with Crippen molar-refractivity contribution >= 4 is 44.7 Å². The van der Waals surface area contributed by atoms with E-state index in [-0.39, 0.29) is 38.1 Å². The lowest BCUT2D eigenvalue weighted by Gasteiger charge is -2.13. The fourth-order valence-electron chi connectivity index (χ4n) is 2.55. The molecule has 10 heteroatoms. The molecule has 0 bridgehead atoms. The number of nitrogens with zero attached hydrogens (tertiary/aromatic N) is 2. The highest BCUT2D eigenvalue weighted by Gasteiger charge is 2.22. The monoisotopic (exact) mass is 465 g/mol. The van der Waals surface area contributed by atoms with Crippen LogP contribution in [0.2, 0.25) is 10.2 Å². The third-order valence-electron chi connectivity index (χ3n) is 3.81. The van der Waals surface area contributed by atoms with Gasteiger partial charge in [-0.2, -0.15) is 0 Å². The van der Waals surface area contributed by atoms with E-state index in [0.29, 0.717) is 5.75 Å². The van der Waals surface area contributed by atoms with Gasteiger partial charge in [0, 0.05) is 18.0 Å². The normalized spacial score (nSPS) is 11.4. The van der Waals surface area contributed by atoms with Crippen molar-refractivity contribution in [2.45, 2.75) is 24.8 Å². The van der Waals surface area contributed by atoms with Crippen LogP contribution in [-0.4, -0.2) is 30.3 Å². The fourth-order valence-corrected chi connectivity index (χ4v) is 3.94. The maximum Gasteiger partial charge on any atom is 0.261 e. The van der Waals surface area contributed by atoms with E-state index in [9.17, 15) is 13.2 Å². The van der Waals surface area contributed by atoms with E-state index in [1.807, 2.05) is 13.8 Å². The van der Waals surface area contributed by atoms with Crippen LogP contribution in [0.25, 0.3) is 0 Å². The van der Waals surface area contributed by atoms with Gasteiger partial charge >= 0.3 is 0 Å². The number of nitrogens with one attached hydrogen (secondary N) is 1. The van der Waals surface area contributed by atoms with Crippen molar-refractivity contribution < 1.29 is 17.9 Å². The number of aromatic nitrogens is 2. The molecule has 2 heterocycles. The van der Waals surface area contributed by atoms with E-state index in [2.05, 4.69) is 14.7 Å². The molecule has 3 rings (SSSR count). The predicted molar refractivity (Wildman–Crippen MR) is 115 cm³/mol. The lowest BCUT2D eigenvalue weighted by atomic mass is 10.1. The number of benzene rings is 1. The van der Waals surface area contributed by atoms with Crippen molar-refractivity contribution in [2.24, 2.45) is 0 Å². The molecule has 7 nitrogen and oxygen atoms in total. The first-order valence-electron chi connectivity index (χ1n) is 8.77. The summed E-state index contributed by atoms with van der Waals surface area (Å²) in [7, 11) is -4.02. The Balaban J connectivity index is 1.94. The van der Waals surface area contributed by atoms with Gasteiger partial charge < -0.3 is 4.74 Å². The van der Waals surface area contributed by atoms with Gasteiger partial charge in [-0.15, -0.1) is 0 Å². The SMILES string of the molecule is CC(C)Oc1ccc(S(=O)(=O)Nc2cc(Cl)cnc2C(=O)c2ccnc(Cl)c2)cc1. The number of carbonyl (C=O) groups excluding carboxylic acids is 1. The highest BCUT2D eigenvalue weighted by atomic mass is 35.5. The number of hydrogen-bond acceptors (Lipinski definition) is 6. The van der Waals surface area contributed by atoms with Crippen LogP contribution in [0.1, 0.15) is 29.9 Å². The van der Waals surface area contributed by atoms with Crippen LogP contribution in [0, 0.1) is 0 Å². The first-order valence-corrected chi connectivity index (χ1v) is 11.0. The number of rotatable bonds is 7. The molecule has 0 aliphatic rings. The maximum atomic E-state index is 12.9. The maximum absolute atomic E-state index is 12.9. The third-order valence-corrected chi connectivity index (χ3v) is 5.60. The van der Waals surface area contributed by atoms with Gasteiger partial charge in [-0.25, -0.2) is 18.4 Å². The van der Waals surface area contributed by atoms with Crippen LogP contribution < -0.4 is 9.46 Å². The Morgan fingerprint density at radius 3 is 2.40 bits per heavy atom. The molecule has 0 fully saturated rings. The van der Waals surface area contributed by atoms with Crippen LogP contribution in [-0.2, 0) is 10.0 Å². The minimum absolute atomic E-state index is 0.0102. The number of anilines is 1. The standard InChI is InChI=1S/C20H17Cl2N3O4S/c1-12(2)29-15-3-5-16(6-4-15)30(27,28)25-17-10-14(21)11-24-19(17)20(26)13-7-8-23-18(22)9-13/h3-12,25H,1-2H3. The molecular weight excluding hydrogens is 449 g/mol. The summed E-state index contributed by atoms with van der Waals surface area (Å²) in [6.45, 7) is 3.74. The molecule has 0 amide bonds. The summed E-state index contributed by atoms with van der Waals surface area (Å²) in [4.78, 5) is 20.7. The molecule has 0 radical (unpaired) electrons. The van der Waals surface area contributed by atoms with Crippen molar-refractivity contribution in [1.29, 1.82) is 0 Å². The molecule has 0 atom stereocenters. The average Bonchev–Trinajstić information content (AvgIpc) is 2.67. The van der Waals surface area contributed by atoms with Gasteiger partial charge in [-0.1, -0.05) is 23.2 Å². The van der Waals surface area contributed by atoms with Crippen molar-refractivity contribution in [3.05, 3.63) is 76.3 Å². The third kappa shape index (κ3) is 5.27. The minimum atomic E-state index is -4.02. The number of pyridine rings is 2. The summed E-state index contributed by atoms with van der Waals surface area (Å²) in [6.07, 6.45) is 2.59. The van der Waals surface area contributed by atoms with E-state index >= 15 is 0 Å². The smallest absolute Gasteiger partial charge is 0.261 e. The topological polar surface area (TPSA) is 98.3 Å². The number of carbonyl (C=O) groups is 1. The Hall–Kier alpha value is -2.68. The highest BCUT2D eigenvalue weighted by molar-refractivity contribution is 7.92. The molecule has 1 N–H and O–H groups in total. The molecule has 0 unspecified atom stereocenters. The average molecular weight is 466 g/mol. The van der Waals surface area contributed by atoms with Gasteiger partial charge in [-0.05, 0) is 56.3 Å². The van der Waals surface area contributed by atoms with Crippen LogP contribution >= 0.6 is 23.2 Å². The Kier molecular flexibility index (Phi) is 6.60. The molecule has 2 aromatic heterocycles. The molecule has 30 heavy (non-hydrogen) atoms. The second-order valence-electron chi connectivity index (χ2n) is 6.49.